The first-order valence-electron chi connectivity index (χ1n) is 7.89. The molecule has 0 spiro atoms. The van der Waals surface area contributed by atoms with Gasteiger partial charge < -0.3 is 5.32 Å². The summed E-state index contributed by atoms with van der Waals surface area (Å²) in [6, 6.07) is 5.76. The van der Waals surface area contributed by atoms with E-state index in [1.807, 2.05) is 6.07 Å². The van der Waals surface area contributed by atoms with E-state index in [9.17, 15) is 4.39 Å². The molecule has 0 bridgehead atoms. The summed E-state index contributed by atoms with van der Waals surface area (Å²) in [7, 11) is 0. The molecule has 2 fully saturated rings. The highest BCUT2D eigenvalue weighted by Crippen LogP contribution is 2.42. The molecule has 0 atom stereocenters. The molecule has 0 heterocycles. The molecule has 0 saturated heterocycles. The monoisotopic (exact) mass is 295 g/mol. The van der Waals surface area contributed by atoms with Gasteiger partial charge in [0.15, 0.2) is 0 Å². The minimum Gasteiger partial charge on any atom is -0.313 e. The van der Waals surface area contributed by atoms with Crippen LogP contribution in [0, 0.1) is 5.82 Å². The molecule has 2 aliphatic rings. The van der Waals surface area contributed by atoms with E-state index in [1.54, 1.807) is 12.1 Å². The molecular weight excluding hydrogens is 273 g/mol. The summed E-state index contributed by atoms with van der Waals surface area (Å²) >= 11 is 6.37. The molecular formula is C17H23ClFN. The Morgan fingerprint density at radius 1 is 1.15 bits per heavy atom. The lowest BCUT2D eigenvalue weighted by Gasteiger charge is -2.35. The Balaban J connectivity index is 1.93. The van der Waals surface area contributed by atoms with Gasteiger partial charge in [-0.2, -0.15) is 0 Å². The molecule has 2 aliphatic carbocycles. The fraction of sp³-hybridized carbons (Fsp3) is 0.647. The summed E-state index contributed by atoms with van der Waals surface area (Å²) in [6.45, 7) is 0.873. The van der Waals surface area contributed by atoms with Crippen LogP contribution < -0.4 is 5.32 Å². The SMILES string of the molecule is Fc1cccc(Cl)c1C1(CNC2CC2)CCCCCC1. The van der Waals surface area contributed by atoms with Crippen molar-refractivity contribution in [3.05, 3.63) is 34.6 Å². The predicted molar refractivity (Wildman–Crippen MR) is 81.8 cm³/mol. The van der Waals surface area contributed by atoms with Crippen molar-refractivity contribution < 1.29 is 4.39 Å². The van der Waals surface area contributed by atoms with E-state index in [1.165, 1.54) is 38.5 Å². The Morgan fingerprint density at radius 3 is 2.45 bits per heavy atom. The normalized spacial score (nSPS) is 22.5. The van der Waals surface area contributed by atoms with Gasteiger partial charge in [-0.25, -0.2) is 4.39 Å². The van der Waals surface area contributed by atoms with Gasteiger partial charge in [-0.3, -0.25) is 0 Å². The molecule has 0 radical (unpaired) electrons. The third-order valence-corrected chi connectivity index (χ3v) is 5.18. The van der Waals surface area contributed by atoms with Crippen LogP contribution in [0.2, 0.25) is 5.02 Å². The van der Waals surface area contributed by atoms with Crippen LogP contribution in [0.4, 0.5) is 4.39 Å². The molecule has 110 valence electrons. The van der Waals surface area contributed by atoms with Crippen LogP contribution in [0.3, 0.4) is 0 Å². The van der Waals surface area contributed by atoms with Gasteiger partial charge in [0.05, 0.1) is 0 Å². The van der Waals surface area contributed by atoms with Gasteiger partial charge in [-0.15, -0.1) is 0 Å². The molecule has 1 N–H and O–H groups in total. The summed E-state index contributed by atoms with van der Waals surface area (Å²) in [5, 5.41) is 4.22. The quantitative estimate of drug-likeness (QED) is 0.785. The number of hydrogen-bond donors (Lipinski definition) is 1. The lowest BCUT2D eigenvalue weighted by atomic mass is 9.73. The van der Waals surface area contributed by atoms with Crippen LogP contribution in [0.5, 0.6) is 0 Å². The molecule has 20 heavy (non-hydrogen) atoms. The van der Waals surface area contributed by atoms with Crippen LogP contribution in [0.25, 0.3) is 0 Å². The lowest BCUT2D eigenvalue weighted by molar-refractivity contribution is 0.334. The molecule has 1 nitrogen and oxygen atoms in total. The Hall–Kier alpha value is -0.600. The van der Waals surface area contributed by atoms with E-state index in [0.29, 0.717) is 11.1 Å². The molecule has 1 aromatic carbocycles. The minimum absolute atomic E-state index is 0.110. The van der Waals surface area contributed by atoms with Crippen LogP contribution >= 0.6 is 11.6 Å². The topological polar surface area (TPSA) is 12.0 Å². The van der Waals surface area contributed by atoms with E-state index >= 15 is 0 Å². The van der Waals surface area contributed by atoms with E-state index < -0.39 is 0 Å². The molecule has 0 aromatic heterocycles. The summed E-state index contributed by atoms with van der Waals surface area (Å²) in [5.74, 6) is -0.128. The van der Waals surface area contributed by atoms with Crippen molar-refractivity contribution in [2.45, 2.75) is 62.8 Å². The summed E-state index contributed by atoms with van der Waals surface area (Å²) in [6.07, 6.45) is 9.51. The zero-order valence-corrected chi connectivity index (χ0v) is 12.7. The highest BCUT2D eigenvalue weighted by atomic mass is 35.5. The van der Waals surface area contributed by atoms with Gasteiger partial charge in [0.1, 0.15) is 5.82 Å². The van der Waals surface area contributed by atoms with Crippen molar-refractivity contribution in [3.63, 3.8) is 0 Å². The van der Waals surface area contributed by atoms with Crippen LogP contribution in [0.15, 0.2) is 18.2 Å². The molecule has 1 aromatic rings. The first-order valence-corrected chi connectivity index (χ1v) is 8.27. The van der Waals surface area contributed by atoms with E-state index in [0.717, 1.165) is 24.9 Å². The second-order valence-corrected chi connectivity index (χ2v) is 6.85. The summed E-state index contributed by atoms with van der Waals surface area (Å²) < 4.78 is 14.4. The fourth-order valence-corrected chi connectivity index (χ4v) is 3.92. The van der Waals surface area contributed by atoms with Crippen molar-refractivity contribution in [2.24, 2.45) is 0 Å². The fourth-order valence-electron chi connectivity index (χ4n) is 3.55. The average Bonchev–Trinajstić information content (AvgIpc) is 3.24. The molecule has 3 heteroatoms. The predicted octanol–water partition coefficient (Wildman–Crippen LogP) is 4.82. The van der Waals surface area contributed by atoms with Crippen molar-refractivity contribution in [1.29, 1.82) is 0 Å². The van der Waals surface area contributed by atoms with Gasteiger partial charge in [-0.05, 0) is 37.8 Å². The first-order chi connectivity index (χ1) is 9.71. The second-order valence-electron chi connectivity index (χ2n) is 6.45. The van der Waals surface area contributed by atoms with Gasteiger partial charge in [0.2, 0.25) is 0 Å². The third-order valence-electron chi connectivity index (χ3n) is 4.86. The highest BCUT2D eigenvalue weighted by molar-refractivity contribution is 6.31. The van der Waals surface area contributed by atoms with E-state index in [2.05, 4.69) is 5.32 Å². The maximum atomic E-state index is 14.4. The Morgan fingerprint density at radius 2 is 1.85 bits per heavy atom. The van der Waals surface area contributed by atoms with Crippen LogP contribution in [-0.4, -0.2) is 12.6 Å². The standard InChI is InChI=1S/C17H23ClFN/c18-14-6-5-7-15(19)16(14)17(12-20-13-8-9-13)10-3-1-2-4-11-17/h5-7,13,20H,1-4,8-12H2. The maximum Gasteiger partial charge on any atom is 0.128 e. The molecule has 0 amide bonds. The number of halogens is 2. The Bertz CT molecular complexity index is 442. The molecule has 3 rings (SSSR count). The first kappa shape index (κ1) is 14.3. The summed E-state index contributed by atoms with van der Waals surface area (Å²) in [5.41, 5.74) is 0.651. The van der Waals surface area contributed by atoms with Gasteiger partial charge in [0, 0.05) is 28.6 Å². The minimum atomic E-state index is -0.128. The van der Waals surface area contributed by atoms with Crippen molar-refractivity contribution >= 4 is 11.6 Å². The van der Waals surface area contributed by atoms with E-state index in [-0.39, 0.29) is 11.2 Å². The smallest absolute Gasteiger partial charge is 0.128 e. The van der Waals surface area contributed by atoms with Crippen LogP contribution in [-0.2, 0) is 5.41 Å². The Kier molecular flexibility index (Phi) is 4.32. The Labute approximate surface area is 125 Å². The number of nitrogens with one attached hydrogen (secondary N) is 1. The largest absolute Gasteiger partial charge is 0.313 e. The highest BCUT2D eigenvalue weighted by Gasteiger charge is 2.38. The molecule has 0 unspecified atom stereocenters. The number of hydrogen-bond acceptors (Lipinski definition) is 1. The molecule has 0 aliphatic heterocycles. The third kappa shape index (κ3) is 3.01. The van der Waals surface area contributed by atoms with Crippen LogP contribution in [0.1, 0.15) is 56.9 Å². The zero-order valence-electron chi connectivity index (χ0n) is 11.9. The molecule has 2 saturated carbocycles. The maximum absolute atomic E-state index is 14.4. The van der Waals surface area contributed by atoms with Crippen molar-refractivity contribution in [1.82, 2.24) is 5.32 Å². The summed E-state index contributed by atoms with van der Waals surface area (Å²) in [4.78, 5) is 0. The average molecular weight is 296 g/mol. The van der Waals surface area contributed by atoms with Crippen molar-refractivity contribution in [3.8, 4) is 0 Å². The van der Waals surface area contributed by atoms with Crippen molar-refractivity contribution in [2.75, 3.05) is 6.54 Å². The van der Waals surface area contributed by atoms with Gasteiger partial charge in [0.25, 0.3) is 0 Å². The lowest BCUT2D eigenvalue weighted by Crippen LogP contribution is -2.40. The van der Waals surface area contributed by atoms with E-state index in [4.69, 9.17) is 11.6 Å². The number of benzene rings is 1. The van der Waals surface area contributed by atoms with Gasteiger partial charge >= 0.3 is 0 Å². The zero-order chi connectivity index (χ0) is 14.0. The van der Waals surface area contributed by atoms with Gasteiger partial charge in [-0.1, -0.05) is 43.4 Å². The number of rotatable bonds is 4. The second kappa shape index (κ2) is 6.03.